The summed E-state index contributed by atoms with van der Waals surface area (Å²) >= 11 is 0. The zero-order chi connectivity index (χ0) is 40.7. The van der Waals surface area contributed by atoms with Gasteiger partial charge in [0.2, 0.25) is 0 Å². The molecule has 0 aliphatic heterocycles. The molecule has 0 aliphatic rings. The van der Waals surface area contributed by atoms with E-state index in [0.717, 1.165) is 57.8 Å². The lowest BCUT2D eigenvalue weighted by Crippen LogP contribution is -2.30. The van der Waals surface area contributed by atoms with Gasteiger partial charge in [-0.05, 0) is 64.2 Å². The summed E-state index contributed by atoms with van der Waals surface area (Å²) in [4.78, 5) is 25.3. The molecule has 0 bridgehead atoms. The molecule has 0 saturated heterocycles. The molecule has 0 radical (unpaired) electrons. The third-order valence-electron chi connectivity index (χ3n) is 10.6. The third kappa shape index (κ3) is 44.8. The van der Waals surface area contributed by atoms with Crippen LogP contribution in [0.4, 0.5) is 0 Å². The lowest BCUT2D eigenvalue weighted by atomic mass is 10.0. The van der Waals surface area contributed by atoms with E-state index in [4.69, 9.17) is 14.2 Å². The zero-order valence-corrected chi connectivity index (χ0v) is 37.7. The first-order valence-corrected chi connectivity index (χ1v) is 24.5. The number of ether oxygens (including phenoxy) is 3. The van der Waals surface area contributed by atoms with E-state index in [2.05, 4.69) is 57.2 Å². The van der Waals surface area contributed by atoms with Crippen molar-refractivity contribution in [1.82, 2.24) is 0 Å². The smallest absolute Gasteiger partial charge is 0.306 e. The number of unbranched alkanes of at least 4 members (excludes halogenated alkanes) is 28. The highest BCUT2D eigenvalue weighted by Gasteiger charge is 2.17. The Morgan fingerprint density at radius 1 is 0.393 bits per heavy atom. The average molecular weight is 787 g/mol. The van der Waals surface area contributed by atoms with Gasteiger partial charge in [-0.25, -0.2) is 0 Å². The van der Waals surface area contributed by atoms with Gasteiger partial charge in [-0.3, -0.25) is 9.59 Å². The quantitative estimate of drug-likeness (QED) is 0.0349. The molecule has 0 aromatic heterocycles. The summed E-state index contributed by atoms with van der Waals surface area (Å²) in [5, 5.41) is 0. The molecule has 0 fully saturated rings. The molecule has 0 spiro atoms. The molecule has 5 nitrogen and oxygen atoms in total. The molecule has 0 aromatic carbocycles. The lowest BCUT2D eigenvalue weighted by molar-refractivity contribution is -0.163. The first-order valence-electron chi connectivity index (χ1n) is 24.5. The van der Waals surface area contributed by atoms with Gasteiger partial charge in [0.25, 0.3) is 0 Å². The van der Waals surface area contributed by atoms with Crippen LogP contribution in [0, 0.1) is 0 Å². The lowest BCUT2D eigenvalue weighted by Gasteiger charge is -2.18. The molecular formula is C51H94O5. The average Bonchev–Trinajstić information content (AvgIpc) is 3.20. The van der Waals surface area contributed by atoms with Crippen LogP contribution in [0.2, 0.25) is 0 Å². The molecule has 0 amide bonds. The van der Waals surface area contributed by atoms with Gasteiger partial charge in [0.15, 0.2) is 6.10 Å². The molecule has 5 heteroatoms. The Kier molecular flexibility index (Phi) is 45.9. The van der Waals surface area contributed by atoms with Crippen LogP contribution in [-0.4, -0.2) is 37.9 Å². The normalized spacial score (nSPS) is 12.4. The minimum Gasteiger partial charge on any atom is -0.462 e. The van der Waals surface area contributed by atoms with Crippen molar-refractivity contribution in [3.8, 4) is 0 Å². The molecule has 0 heterocycles. The van der Waals surface area contributed by atoms with E-state index in [1.54, 1.807) is 0 Å². The highest BCUT2D eigenvalue weighted by molar-refractivity contribution is 5.70. The van der Waals surface area contributed by atoms with E-state index in [1.807, 2.05) is 0 Å². The summed E-state index contributed by atoms with van der Waals surface area (Å²) in [6.07, 6.45) is 55.7. The third-order valence-corrected chi connectivity index (χ3v) is 10.6. The minimum atomic E-state index is -0.540. The maximum Gasteiger partial charge on any atom is 0.306 e. The predicted molar refractivity (Wildman–Crippen MR) is 242 cm³/mol. The van der Waals surface area contributed by atoms with Crippen molar-refractivity contribution in [2.45, 2.75) is 258 Å². The van der Waals surface area contributed by atoms with E-state index in [-0.39, 0.29) is 25.2 Å². The van der Waals surface area contributed by atoms with Crippen LogP contribution in [0.5, 0.6) is 0 Å². The molecule has 0 saturated carbocycles. The van der Waals surface area contributed by atoms with Crippen LogP contribution in [0.1, 0.15) is 252 Å². The van der Waals surface area contributed by atoms with Crippen molar-refractivity contribution in [2.75, 3.05) is 19.8 Å². The monoisotopic (exact) mass is 787 g/mol. The summed E-state index contributed by atoms with van der Waals surface area (Å²) in [7, 11) is 0. The van der Waals surface area contributed by atoms with Crippen molar-refractivity contribution in [3.63, 3.8) is 0 Å². The fourth-order valence-corrected chi connectivity index (χ4v) is 6.94. The van der Waals surface area contributed by atoms with Gasteiger partial charge in [-0.1, -0.05) is 211 Å². The Hall–Kier alpha value is -1.88. The Morgan fingerprint density at radius 3 is 1.32 bits per heavy atom. The van der Waals surface area contributed by atoms with Crippen LogP contribution < -0.4 is 0 Å². The second-order valence-corrected chi connectivity index (χ2v) is 16.4. The SMILES string of the molecule is CCC/C=C\C/C=C\CCCCCCCC(=O)OC(COCCCCCCCC/C=C\CCCC)COC(=O)CCCCCCCCCCCCCCCCC. The number of hydrogen-bond acceptors (Lipinski definition) is 5. The molecule has 328 valence electrons. The van der Waals surface area contributed by atoms with Gasteiger partial charge in [-0.2, -0.15) is 0 Å². The fourth-order valence-electron chi connectivity index (χ4n) is 6.94. The van der Waals surface area contributed by atoms with Gasteiger partial charge in [0.05, 0.1) is 6.61 Å². The van der Waals surface area contributed by atoms with Crippen molar-refractivity contribution in [1.29, 1.82) is 0 Å². The van der Waals surface area contributed by atoms with E-state index < -0.39 is 6.10 Å². The summed E-state index contributed by atoms with van der Waals surface area (Å²) in [5.41, 5.74) is 0. The van der Waals surface area contributed by atoms with Gasteiger partial charge in [-0.15, -0.1) is 0 Å². The van der Waals surface area contributed by atoms with Gasteiger partial charge >= 0.3 is 11.9 Å². The first kappa shape index (κ1) is 54.1. The van der Waals surface area contributed by atoms with Gasteiger partial charge in [0.1, 0.15) is 6.61 Å². The topological polar surface area (TPSA) is 61.8 Å². The molecule has 0 N–H and O–H groups in total. The van der Waals surface area contributed by atoms with Crippen LogP contribution >= 0.6 is 0 Å². The summed E-state index contributed by atoms with van der Waals surface area (Å²) in [6.45, 7) is 7.73. The van der Waals surface area contributed by atoms with Crippen LogP contribution in [0.3, 0.4) is 0 Å². The Bertz CT molecular complexity index is 893. The number of rotatable bonds is 45. The molecule has 1 atom stereocenters. The van der Waals surface area contributed by atoms with E-state index in [0.29, 0.717) is 19.4 Å². The Labute approximate surface area is 349 Å². The second kappa shape index (κ2) is 47.5. The van der Waals surface area contributed by atoms with E-state index in [9.17, 15) is 9.59 Å². The van der Waals surface area contributed by atoms with Gasteiger partial charge in [0, 0.05) is 19.4 Å². The zero-order valence-electron chi connectivity index (χ0n) is 37.7. The molecule has 0 aliphatic carbocycles. The first-order chi connectivity index (χ1) is 27.6. The van der Waals surface area contributed by atoms with Gasteiger partial charge < -0.3 is 14.2 Å². The highest BCUT2D eigenvalue weighted by Crippen LogP contribution is 2.15. The molecule has 1 unspecified atom stereocenters. The standard InChI is InChI=1S/C51H94O5/c1-4-7-10-13-16-19-22-25-26-28-29-32-35-38-41-44-50(52)55-48-49(47-54-46-43-40-37-34-31-24-21-18-15-12-9-6-3)56-51(53)45-42-39-36-33-30-27-23-20-17-14-11-8-5-2/h11,14-15,18,20,23,49H,4-10,12-13,16-17,19,21-22,24-48H2,1-3H3/b14-11-,18-15-,23-20-. The second-order valence-electron chi connectivity index (χ2n) is 16.4. The maximum atomic E-state index is 12.7. The van der Waals surface area contributed by atoms with Crippen molar-refractivity contribution >= 4 is 11.9 Å². The molecular weight excluding hydrogens is 693 g/mol. The van der Waals surface area contributed by atoms with Crippen molar-refractivity contribution in [2.24, 2.45) is 0 Å². The number of carbonyl (C=O) groups is 2. The maximum absolute atomic E-state index is 12.7. The van der Waals surface area contributed by atoms with E-state index >= 15 is 0 Å². The van der Waals surface area contributed by atoms with Crippen LogP contribution in [-0.2, 0) is 23.8 Å². The number of hydrogen-bond donors (Lipinski definition) is 0. The number of esters is 2. The predicted octanol–water partition coefficient (Wildman–Crippen LogP) is 16.2. The number of carbonyl (C=O) groups excluding carboxylic acids is 2. The van der Waals surface area contributed by atoms with E-state index in [1.165, 1.54) is 161 Å². The molecule has 0 aromatic rings. The van der Waals surface area contributed by atoms with Crippen LogP contribution in [0.25, 0.3) is 0 Å². The minimum absolute atomic E-state index is 0.0815. The summed E-state index contributed by atoms with van der Waals surface area (Å²) in [6, 6.07) is 0. The fraction of sp³-hybridized carbons (Fsp3) is 0.843. The molecule has 56 heavy (non-hydrogen) atoms. The summed E-state index contributed by atoms with van der Waals surface area (Å²) in [5.74, 6) is -0.406. The Morgan fingerprint density at radius 2 is 0.804 bits per heavy atom. The van der Waals surface area contributed by atoms with Crippen molar-refractivity contribution < 1.29 is 23.8 Å². The van der Waals surface area contributed by atoms with Crippen molar-refractivity contribution in [3.05, 3.63) is 36.5 Å². The number of allylic oxidation sites excluding steroid dienone is 6. The highest BCUT2D eigenvalue weighted by atomic mass is 16.6. The summed E-state index contributed by atoms with van der Waals surface area (Å²) < 4.78 is 17.3. The molecule has 0 rings (SSSR count). The largest absolute Gasteiger partial charge is 0.462 e. The Balaban J connectivity index is 4.24. The van der Waals surface area contributed by atoms with Crippen LogP contribution in [0.15, 0.2) is 36.5 Å².